The molecule has 17 heavy (non-hydrogen) atoms. The van der Waals surface area contributed by atoms with Gasteiger partial charge in [-0.3, -0.25) is 14.7 Å². The molecule has 0 aliphatic heterocycles. The van der Waals surface area contributed by atoms with Crippen molar-refractivity contribution in [2.24, 2.45) is 5.92 Å². The van der Waals surface area contributed by atoms with E-state index in [1.165, 1.54) is 0 Å². The number of carboxylic acid groups (broad SMARTS) is 1. The molecular weight excluding hydrogens is 226 g/mol. The molecule has 1 atom stereocenters. The molecule has 0 aliphatic carbocycles. The molecule has 0 saturated carbocycles. The molecule has 0 radical (unpaired) electrons. The van der Waals surface area contributed by atoms with E-state index in [2.05, 4.69) is 20.5 Å². The molecule has 0 spiro atoms. The number of nitrogens with two attached hydrogens (primary N) is 1. The summed E-state index contributed by atoms with van der Waals surface area (Å²) < 4.78 is 0. The second kappa shape index (κ2) is 5.83. The molecule has 0 saturated heterocycles. The van der Waals surface area contributed by atoms with Gasteiger partial charge in [-0.1, -0.05) is 13.3 Å². The molecule has 94 valence electrons. The van der Waals surface area contributed by atoms with Crippen molar-refractivity contribution in [1.29, 1.82) is 0 Å². The Kier molecular flexibility index (Phi) is 4.44. The van der Waals surface area contributed by atoms with E-state index in [0.717, 1.165) is 6.42 Å². The fourth-order valence-electron chi connectivity index (χ4n) is 1.34. The number of anilines is 1. The van der Waals surface area contributed by atoms with Crippen LogP contribution in [0.25, 0.3) is 0 Å². The Morgan fingerprint density at radius 1 is 1.59 bits per heavy atom. The molecule has 0 fully saturated rings. The number of carbonyl (C=O) groups excluding carboxylic acids is 1. The van der Waals surface area contributed by atoms with Gasteiger partial charge in [0.15, 0.2) is 0 Å². The molecular formula is C9H15N5O3. The third-order valence-corrected chi connectivity index (χ3v) is 2.21. The summed E-state index contributed by atoms with van der Waals surface area (Å²) in [5.74, 6) is -2.09. The third-order valence-electron chi connectivity index (χ3n) is 2.21. The van der Waals surface area contributed by atoms with Crippen molar-refractivity contribution in [3.63, 3.8) is 0 Å². The van der Waals surface area contributed by atoms with Crippen molar-refractivity contribution in [2.75, 3.05) is 12.3 Å². The number of amides is 1. The number of nitrogens with zero attached hydrogens (tertiary/aromatic N) is 2. The Bertz CT molecular complexity index is 403. The summed E-state index contributed by atoms with van der Waals surface area (Å²) in [4.78, 5) is 26.0. The van der Waals surface area contributed by atoms with Gasteiger partial charge in [-0.25, -0.2) is 0 Å². The summed E-state index contributed by atoms with van der Waals surface area (Å²) in [5.41, 5.74) is 5.24. The highest BCUT2D eigenvalue weighted by Crippen LogP contribution is 2.05. The minimum Gasteiger partial charge on any atom is -0.481 e. The second-order valence-corrected chi connectivity index (χ2v) is 3.58. The monoisotopic (exact) mass is 241 g/mol. The van der Waals surface area contributed by atoms with Crippen molar-refractivity contribution in [3.8, 4) is 0 Å². The Morgan fingerprint density at radius 2 is 2.29 bits per heavy atom. The fourth-order valence-corrected chi connectivity index (χ4v) is 1.34. The molecule has 0 aromatic carbocycles. The first-order valence-corrected chi connectivity index (χ1v) is 5.23. The van der Waals surface area contributed by atoms with Crippen LogP contribution in [0.5, 0.6) is 0 Å². The molecule has 8 nitrogen and oxygen atoms in total. The molecule has 1 amide bonds. The maximum atomic E-state index is 11.5. The molecule has 5 N–H and O–H groups in total. The predicted molar refractivity (Wildman–Crippen MR) is 59.2 cm³/mol. The van der Waals surface area contributed by atoms with Crippen LogP contribution in [0, 0.1) is 5.92 Å². The van der Waals surface area contributed by atoms with E-state index in [4.69, 9.17) is 10.8 Å². The van der Waals surface area contributed by atoms with Crippen LogP contribution in [0.4, 0.5) is 5.95 Å². The maximum Gasteiger partial charge on any atom is 0.308 e. The second-order valence-electron chi connectivity index (χ2n) is 3.58. The van der Waals surface area contributed by atoms with Gasteiger partial charge in [-0.2, -0.15) is 4.98 Å². The number of nitrogens with one attached hydrogen (secondary N) is 2. The molecule has 1 aromatic heterocycles. The lowest BCUT2D eigenvalue weighted by molar-refractivity contribution is -0.141. The van der Waals surface area contributed by atoms with E-state index in [9.17, 15) is 9.59 Å². The van der Waals surface area contributed by atoms with Crippen LogP contribution in [0.2, 0.25) is 0 Å². The Balaban J connectivity index is 2.49. The average molecular weight is 241 g/mol. The van der Waals surface area contributed by atoms with Crippen molar-refractivity contribution in [1.82, 2.24) is 20.5 Å². The minimum absolute atomic E-state index is 0.0249. The highest BCUT2D eigenvalue weighted by molar-refractivity contribution is 5.90. The summed E-state index contributed by atoms with van der Waals surface area (Å²) >= 11 is 0. The quantitative estimate of drug-likeness (QED) is 0.536. The van der Waals surface area contributed by atoms with E-state index >= 15 is 0 Å². The number of carboxylic acids is 1. The number of aliphatic carboxylic acids is 1. The molecule has 1 rings (SSSR count). The Hall–Kier alpha value is -2.12. The van der Waals surface area contributed by atoms with Gasteiger partial charge in [0.1, 0.15) is 0 Å². The zero-order valence-electron chi connectivity index (χ0n) is 9.43. The summed E-state index contributed by atoms with van der Waals surface area (Å²) in [7, 11) is 0. The van der Waals surface area contributed by atoms with Crippen molar-refractivity contribution in [2.45, 2.75) is 19.8 Å². The topological polar surface area (TPSA) is 134 Å². The van der Waals surface area contributed by atoms with E-state index in [1.54, 1.807) is 0 Å². The number of hydrogen-bond acceptors (Lipinski definition) is 5. The van der Waals surface area contributed by atoms with Gasteiger partial charge in [0.25, 0.3) is 5.91 Å². The first-order chi connectivity index (χ1) is 8.04. The number of aromatic amines is 1. The van der Waals surface area contributed by atoms with E-state index < -0.39 is 17.8 Å². The number of H-pyrrole nitrogens is 1. The molecule has 8 heteroatoms. The number of carbonyl (C=O) groups is 2. The van der Waals surface area contributed by atoms with Gasteiger partial charge in [-0.15, -0.1) is 5.10 Å². The minimum atomic E-state index is -0.927. The van der Waals surface area contributed by atoms with E-state index in [-0.39, 0.29) is 18.3 Å². The number of aromatic nitrogens is 3. The summed E-state index contributed by atoms with van der Waals surface area (Å²) in [5, 5.41) is 17.2. The van der Waals surface area contributed by atoms with E-state index in [0.29, 0.717) is 6.42 Å². The lowest BCUT2D eigenvalue weighted by Crippen LogP contribution is -2.33. The molecule has 1 unspecified atom stereocenters. The van der Waals surface area contributed by atoms with Gasteiger partial charge in [0.2, 0.25) is 11.8 Å². The SMILES string of the molecule is CCCC(CNC(=O)c1nc(N)n[nH]1)C(=O)O. The molecule has 1 aromatic rings. The van der Waals surface area contributed by atoms with Gasteiger partial charge in [-0.05, 0) is 6.42 Å². The highest BCUT2D eigenvalue weighted by atomic mass is 16.4. The van der Waals surface area contributed by atoms with Crippen LogP contribution in [0.3, 0.4) is 0 Å². The van der Waals surface area contributed by atoms with Gasteiger partial charge < -0.3 is 16.2 Å². The normalized spacial score (nSPS) is 12.1. The number of rotatable bonds is 6. The Morgan fingerprint density at radius 3 is 2.76 bits per heavy atom. The lowest BCUT2D eigenvalue weighted by Gasteiger charge is -2.11. The molecule has 1 heterocycles. The van der Waals surface area contributed by atoms with Crippen LogP contribution in [0.15, 0.2) is 0 Å². The maximum absolute atomic E-state index is 11.5. The standard InChI is InChI=1S/C9H15N5O3/c1-2-3-5(8(16)17)4-11-7(15)6-12-9(10)14-13-6/h5H,2-4H2,1H3,(H,11,15)(H,16,17)(H3,10,12,13,14). The lowest BCUT2D eigenvalue weighted by atomic mass is 10.0. The first kappa shape index (κ1) is 12.9. The fraction of sp³-hybridized carbons (Fsp3) is 0.556. The summed E-state index contributed by atoms with van der Waals surface area (Å²) in [6, 6.07) is 0. The van der Waals surface area contributed by atoms with E-state index in [1.807, 2.05) is 6.92 Å². The number of nitrogen functional groups attached to an aromatic ring is 1. The molecule has 0 aliphatic rings. The van der Waals surface area contributed by atoms with Gasteiger partial charge in [0, 0.05) is 6.54 Å². The van der Waals surface area contributed by atoms with Gasteiger partial charge >= 0.3 is 5.97 Å². The van der Waals surface area contributed by atoms with Crippen LogP contribution in [-0.4, -0.2) is 38.7 Å². The zero-order chi connectivity index (χ0) is 12.8. The number of hydrogen-bond donors (Lipinski definition) is 4. The van der Waals surface area contributed by atoms with Crippen LogP contribution < -0.4 is 11.1 Å². The third kappa shape index (κ3) is 3.74. The van der Waals surface area contributed by atoms with Crippen LogP contribution in [0.1, 0.15) is 30.4 Å². The van der Waals surface area contributed by atoms with Crippen LogP contribution in [-0.2, 0) is 4.79 Å². The average Bonchev–Trinajstić information content (AvgIpc) is 2.70. The zero-order valence-corrected chi connectivity index (χ0v) is 9.43. The van der Waals surface area contributed by atoms with Crippen LogP contribution >= 0.6 is 0 Å². The van der Waals surface area contributed by atoms with Crippen molar-refractivity contribution < 1.29 is 14.7 Å². The summed E-state index contributed by atoms with van der Waals surface area (Å²) in [6.45, 7) is 1.94. The van der Waals surface area contributed by atoms with Crippen molar-refractivity contribution >= 4 is 17.8 Å². The molecule has 0 bridgehead atoms. The smallest absolute Gasteiger partial charge is 0.308 e. The largest absolute Gasteiger partial charge is 0.481 e. The first-order valence-electron chi connectivity index (χ1n) is 5.23. The highest BCUT2D eigenvalue weighted by Gasteiger charge is 2.18. The predicted octanol–water partition coefficient (Wildman–Crippen LogP) is -0.382. The van der Waals surface area contributed by atoms with Crippen molar-refractivity contribution in [3.05, 3.63) is 5.82 Å². The van der Waals surface area contributed by atoms with Gasteiger partial charge in [0.05, 0.1) is 5.92 Å². The Labute approximate surface area is 97.6 Å². The summed E-state index contributed by atoms with van der Waals surface area (Å²) in [6.07, 6.45) is 1.25.